The molecule has 0 aliphatic heterocycles. The molecule has 1 aromatic heterocycles. The predicted molar refractivity (Wildman–Crippen MR) is 102 cm³/mol. The van der Waals surface area contributed by atoms with E-state index in [4.69, 9.17) is 5.73 Å². The summed E-state index contributed by atoms with van der Waals surface area (Å²) in [6, 6.07) is 13.3. The average molecular weight is 364 g/mol. The number of amides is 2. The molecule has 0 spiro atoms. The van der Waals surface area contributed by atoms with E-state index in [2.05, 4.69) is 10.3 Å². The molecule has 1 unspecified atom stereocenters. The maximum Gasteiger partial charge on any atom is 0.261 e. The largest absolute Gasteiger partial charge is 0.368 e. The number of aryl methyl sites for hydroxylation is 2. The molecule has 1 atom stereocenters. The molecule has 2 amide bonds. The second kappa shape index (κ2) is 7.82. The molecular weight excluding hydrogens is 344 g/mol. The molecule has 0 saturated carbocycles. The molecule has 7 nitrogen and oxygen atoms in total. The summed E-state index contributed by atoms with van der Waals surface area (Å²) in [6.07, 6.45) is 1.46. The lowest BCUT2D eigenvalue weighted by Gasteiger charge is -2.16. The van der Waals surface area contributed by atoms with Gasteiger partial charge in [-0.05, 0) is 24.1 Å². The van der Waals surface area contributed by atoms with Gasteiger partial charge in [0.2, 0.25) is 11.8 Å². The highest BCUT2D eigenvalue weighted by Crippen LogP contribution is 2.13. The first-order chi connectivity index (χ1) is 13.0. The molecule has 0 radical (unpaired) electrons. The van der Waals surface area contributed by atoms with Crippen LogP contribution in [0.5, 0.6) is 0 Å². The van der Waals surface area contributed by atoms with Gasteiger partial charge in [-0.2, -0.15) is 0 Å². The first kappa shape index (κ1) is 18.3. The highest BCUT2D eigenvalue weighted by molar-refractivity contribution is 5.87. The zero-order valence-corrected chi connectivity index (χ0v) is 14.9. The summed E-state index contributed by atoms with van der Waals surface area (Å²) in [4.78, 5) is 40.8. The number of nitrogens with zero attached hydrogens (tertiary/aromatic N) is 2. The van der Waals surface area contributed by atoms with Crippen molar-refractivity contribution in [3.8, 4) is 0 Å². The fraction of sp³-hybridized carbons (Fsp3) is 0.200. The van der Waals surface area contributed by atoms with Gasteiger partial charge in [-0.1, -0.05) is 42.5 Å². The fourth-order valence-corrected chi connectivity index (χ4v) is 2.92. The Morgan fingerprint density at radius 2 is 1.89 bits per heavy atom. The number of carbonyl (C=O) groups is 2. The fourth-order valence-electron chi connectivity index (χ4n) is 2.92. The number of benzene rings is 2. The smallest absolute Gasteiger partial charge is 0.261 e. The van der Waals surface area contributed by atoms with Crippen LogP contribution in [-0.2, 0) is 16.1 Å². The Hall–Kier alpha value is -3.48. The first-order valence-electron chi connectivity index (χ1n) is 8.56. The maximum atomic E-state index is 12.6. The van der Waals surface area contributed by atoms with E-state index in [1.165, 1.54) is 10.9 Å². The SMILES string of the molecule is Cc1cccc2c(=O)n(CCC(=O)NC(C(N)=O)c3ccccc3)cnc12. The number of hydrogen-bond donors (Lipinski definition) is 2. The van der Waals surface area contributed by atoms with Crippen LogP contribution in [0.1, 0.15) is 23.6 Å². The zero-order chi connectivity index (χ0) is 19.4. The second-order valence-electron chi connectivity index (χ2n) is 6.28. The Bertz CT molecular complexity index is 1040. The van der Waals surface area contributed by atoms with Gasteiger partial charge in [-0.25, -0.2) is 4.98 Å². The number of aromatic nitrogens is 2. The minimum absolute atomic E-state index is 0.0233. The predicted octanol–water partition coefficient (Wildman–Crippen LogP) is 1.44. The van der Waals surface area contributed by atoms with Crippen LogP contribution >= 0.6 is 0 Å². The molecule has 0 aliphatic carbocycles. The number of rotatable bonds is 6. The monoisotopic (exact) mass is 364 g/mol. The Kier molecular flexibility index (Phi) is 5.30. The zero-order valence-electron chi connectivity index (χ0n) is 14.9. The topological polar surface area (TPSA) is 107 Å². The summed E-state index contributed by atoms with van der Waals surface area (Å²) in [5.41, 5.74) is 7.38. The Balaban J connectivity index is 1.72. The van der Waals surface area contributed by atoms with Crippen molar-refractivity contribution in [1.29, 1.82) is 0 Å². The summed E-state index contributed by atoms with van der Waals surface area (Å²) < 4.78 is 1.39. The van der Waals surface area contributed by atoms with Crippen LogP contribution in [0.25, 0.3) is 10.9 Å². The molecule has 2 aromatic carbocycles. The lowest BCUT2D eigenvalue weighted by atomic mass is 10.1. The number of nitrogens with two attached hydrogens (primary N) is 1. The van der Waals surface area contributed by atoms with Gasteiger partial charge in [-0.3, -0.25) is 19.0 Å². The lowest BCUT2D eigenvalue weighted by molar-refractivity contribution is -0.127. The van der Waals surface area contributed by atoms with Gasteiger partial charge in [0.1, 0.15) is 6.04 Å². The Morgan fingerprint density at radius 3 is 2.59 bits per heavy atom. The highest BCUT2D eigenvalue weighted by atomic mass is 16.2. The third-order valence-electron chi connectivity index (χ3n) is 4.36. The van der Waals surface area contributed by atoms with Crippen LogP contribution in [0.4, 0.5) is 0 Å². The van der Waals surface area contributed by atoms with Crippen molar-refractivity contribution in [2.24, 2.45) is 5.73 Å². The van der Waals surface area contributed by atoms with E-state index < -0.39 is 11.9 Å². The first-order valence-corrected chi connectivity index (χ1v) is 8.56. The summed E-state index contributed by atoms with van der Waals surface area (Å²) in [5, 5.41) is 3.13. The van der Waals surface area contributed by atoms with E-state index in [1.807, 2.05) is 19.1 Å². The molecule has 1 heterocycles. The van der Waals surface area contributed by atoms with Crippen LogP contribution in [-0.4, -0.2) is 21.4 Å². The van der Waals surface area contributed by atoms with E-state index >= 15 is 0 Å². The second-order valence-corrected chi connectivity index (χ2v) is 6.28. The molecule has 3 aromatic rings. The molecule has 3 rings (SSSR count). The Labute approximate surface area is 155 Å². The minimum atomic E-state index is -0.909. The molecule has 27 heavy (non-hydrogen) atoms. The highest BCUT2D eigenvalue weighted by Gasteiger charge is 2.20. The quantitative estimate of drug-likeness (QED) is 0.690. The van der Waals surface area contributed by atoms with Crippen LogP contribution in [0.2, 0.25) is 0 Å². The molecule has 0 aliphatic rings. The average Bonchev–Trinajstić information content (AvgIpc) is 2.66. The van der Waals surface area contributed by atoms with Gasteiger partial charge in [0.15, 0.2) is 0 Å². The summed E-state index contributed by atoms with van der Waals surface area (Å²) in [6.45, 7) is 2.04. The minimum Gasteiger partial charge on any atom is -0.368 e. The third-order valence-corrected chi connectivity index (χ3v) is 4.36. The van der Waals surface area contributed by atoms with Crippen molar-refractivity contribution < 1.29 is 9.59 Å². The summed E-state index contributed by atoms with van der Waals surface area (Å²) in [7, 11) is 0. The molecule has 7 heteroatoms. The van der Waals surface area contributed by atoms with E-state index in [-0.39, 0.29) is 24.4 Å². The van der Waals surface area contributed by atoms with Crippen molar-refractivity contribution >= 4 is 22.7 Å². The van der Waals surface area contributed by atoms with Gasteiger partial charge < -0.3 is 11.1 Å². The number of fused-ring (bicyclic) bond motifs is 1. The normalized spacial score (nSPS) is 11.9. The summed E-state index contributed by atoms with van der Waals surface area (Å²) >= 11 is 0. The molecule has 3 N–H and O–H groups in total. The van der Waals surface area contributed by atoms with E-state index in [9.17, 15) is 14.4 Å². The van der Waals surface area contributed by atoms with Crippen LogP contribution in [0, 0.1) is 6.92 Å². The van der Waals surface area contributed by atoms with Gasteiger partial charge in [-0.15, -0.1) is 0 Å². The van der Waals surface area contributed by atoms with Crippen molar-refractivity contribution in [3.05, 3.63) is 76.3 Å². The lowest BCUT2D eigenvalue weighted by Crippen LogP contribution is -2.38. The van der Waals surface area contributed by atoms with Gasteiger partial charge >= 0.3 is 0 Å². The molecule has 0 bridgehead atoms. The van der Waals surface area contributed by atoms with E-state index in [0.29, 0.717) is 16.5 Å². The van der Waals surface area contributed by atoms with Gasteiger partial charge in [0.05, 0.1) is 17.2 Å². The van der Waals surface area contributed by atoms with E-state index in [0.717, 1.165) is 5.56 Å². The van der Waals surface area contributed by atoms with Gasteiger partial charge in [0, 0.05) is 13.0 Å². The molecule has 0 fully saturated rings. The molecule has 0 saturated heterocycles. The maximum absolute atomic E-state index is 12.6. The standard InChI is InChI=1S/C20H20N4O3/c1-13-6-5-9-15-17(13)22-12-24(20(15)27)11-10-16(25)23-18(19(21)26)14-7-3-2-4-8-14/h2-9,12,18H,10-11H2,1H3,(H2,21,26)(H,23,25). The number of nitrogens with one attached hydrogen (secondary N) is 1. The van der Waals surface area contributed by atoms with Crippen molar-refractivity contribution in [2.75, 3.05) is 0 Å². The van der Waals surface area contributed by atoms with Crippen LogP contribution < -0.4 is 16.6 Å². The van der Waals surface area contributed by atoms with Crippen molar-refractivity contribution in [3.63, 3.8) is 0 Å². The number of carbonyl (C=O) groups excluding carboxylic acids is 2. The number of primary amides is 1. The van der Waals surface area contributed by atoms with Crippen molar-refractivity contribution in [2.45, 2.75) is 25.9 Å². The van der Waals surface area contributed by atoms with Crippen LogP contribution in [0.3, 0.4) is 0 Å². The Morgan fingerprint density at radius 1 is 1.15 bits per heavy atom. The van der Waals surface area contributed by atoms with E-state index in [1.54, 1.807) is 36.4 Å². The number of hydrogen-bond acceptors (Lipinski definition) is 4. The van der Waals surface area contributed by atoms with Gasteiger partial charge in [0.25, 0.3) is 5.56 Å². The van der Waals surface area contributed by atoms with Crippen LogP contribution in [0.15, 0.2) is 59.7 Å². The van der Waals surface area contributed by atoms with Crippen molar-refractivity contribution in [1.82, 2.24) is 14.9 Å². The third kappa shape index (κ3) is 4.03. The summed E-state index contributed by atoms with van der Waals surface area (Å²) in [5.74, 6) is -1.02. The number of para-hydroxylation sites is 1. The molecule has 138 valence electrons. The molecular formula is C20H20N4O3.